The first kappa shape index (κ1) is 12.3. The Morgan fingerprint density at radius 1 is 1.56 bits per heavy atom. The number of benzene rings is 1. The summed E-state index contributed by atoms with van der Waals surface area (Å²) in [5.41, 5.74) is 1.20. The van der Waals surface area contributed by atoms with Crippen molar-refractivity contribution in [2.24, 2.45) is 5.92 Å². The molecule has 94 valence electrons. The van der Waals surface area contributed by atoms with Crippen molar-refractivity contribution in [2.75, 3.05) is 11.4 Å². The molecule has 1 aromatic carbocycles. The Hall–Kier alpha value is -2.17. The van der Waals surface area contributed by atoms with E-state index in [-0.39, 0.29) is 17.5 Å². The van der Waals surface area contributed by atoms with Crippen LogP contribution in [0.15, 0.2) is 30.9 Å². The average Bonchev–Trinajstić information content (AvgIpc) is 2.70. The van der Waals surface area contributed by atoms with Crippen molar-refractivity contribution in [2.45, 2.75) is 13.3 Å². The fourth-order valence-corrected chi connectivity index (χ4v) is 2.23. The molecule has 0 bridgehead atoms. The molecule has 1 fully saturated rings. The van der Waals surface area contributed by atoms with Crippen molar-refractivity contribution < 1.29 is 9.72 Å². The van der Waals surface area contributed by atoms with E-state index < -0.39 is 4.92 Å². The lowest BCUT2D eigenvalue weighted by Gasteiger charge is -2.18. The van der Waals surface area contributed by atoms with Crippen molar-refractivity contribution in [3.8, 4) is 0 Å². The Labute approximate surface area is 105 Å². The van der Waals surface area contributed by atoms with Gasteiger partial charge in [-0.1, -0.05) is 12.1 Å². The van der Waals surface area contributed by atoms with Gasteiger partial charge in [0.15, 0.2) is 0 Å². The molecule has 0 radical (unpaired) electrons. The van der Waals surface area contributed by atoms with Gasteiger partial charge in [-0.15, -0.1) is 6.58 Å². The van der Waals surface area contributed by atoms with Gasteiger partial charge >= 0.3 is 0 Å². The maximum absolute atomic E-state index is 11.9. The molecule has 0 N–H and O–H groups in total. The minimum Gasteiger partial charge on any atom is -0.311 e. The van der Waals surface area contributed by atoms with Gasteiger partial charge in [-0.3, -0.25) is 14.9 Å². The summed E-state index contributed by atoms with van der Waals surface area (Å²) in [5.74, 6) is 0.111. The predicted molar refractivity (Wildman–Crippen MR) is 68.5 cm³/mol. The van der Waals surface area contributed by atoms with E-state index in [4.69, 9.17) is 0 Å². The van der Waals surface area contributed by atoms with Gasteiger partial charge in [0.2, 0.25) is 5.91 Å². The average molecular weight is 246 g/mol. The molecule has 1 heterocycles. The maximum atomic E-state index is 11.9. The first-order chi connectivity index (χ1) is 8.54. The zero-order chi connectivity index (χ0) is 13.3. The molecule has 1 aliphatic heterocycles. The van der Waals surface area contributed by atoms with Crippen molar-refractivity contribution in [3.63, 3.8) is 0 Å². The third-order valence-corrected chi connectivity index (χ3v) is 3.25. The smallest absolute Gasteiger partial charge is 0.274 e. The number of nitro groups is 1. The van der Waals surface area contributed by atoms with E-state index in [1.807, 2.05) is 0 Å². The van der Waals surface area contributed by atoms with E-state index in [1.165, 1.54) is 6.07 Å². The van der Waals surface area contributed by atoms with Gasteiger partial charge in [-0.05, 0) is 13.0 Å². The van der Waals surface area contributed by atoms with E-state index in [0.717, 1.165) is 0 Å². The summed E-state index contributed by atoms with van der Waals surface area (Å²) < 4.78 is 0. The molecule has 18 heavy (non-hydrogen) atoms. The predicted octanol–water partition coefficient (Wildman–Crippen LogP) is 2.44. The summed E-state index contributed by atoms with van der Waals surface area (Å²) in [6.45, 7) is 5.90. The van der Waals surface area contributed by atoms with Gasteiger partial charge in [-0.25, -0.2) is 0 Å². The van der Waals surface area contributed by atoms with Gasteiger partial charge in [0.25, 0.3) is 5.69 Å². The molecule has 1 saturated heterocycles. The highest BCUT2D eigenvalue weighted by Gasteiger charge is 2.30. The molecule has 2 rings (SSSR count). The highest BCUT2D eigenvalue weighted by Crippen LogP contribution is 2.32. The minimum atomic E-state index is -0.426. The number of rotatable bonds is 3. The molecule has 0 saturated carbocycles. The molecule has 1 atom stereocenters. The molecule has 5 heteroatoms. The van der Waals surface area contributed by atoms with Crippen LogP contribution in [-0.4, -0.2) is 17.4 Å². The molecule has 0 spiro atoms. The molecule has 0 aromatic heterocycles. The fourth-order valence-electron chi connectivity index (χ4n) is 2.23. The van der Waals surface area contributed by atoms with E-state index in [1.54, 1.807) is 30.0 Å². The van der Waals surface area contributed by atoms with E-state index in [2.05, 4.69) is 6.58 Å². The van der Waals surface area contributed by atoms with E-state index in [0.29, 0.717) is 24.2 Å². The minimum absolute atomic E-state index is 0.0107. The third kappa shape index (κ3) is 1.99. The van der Waals surface area contributed by atoms with E-state index in [9.17, 15) is 14.9 Å². The van der Waals surface area contributed by atoms with Crippen LogP contribution in [0.25, 0.3) is 0 Å². The number of hydrogen-bond donors (Lipinski definition) is 0. The molecule has 1 amide bonds. The topological polar surface area (TPSA) is 63.5 Å². The Balaban J connectivity index is 2.40. The first-order valence-electron chi connectivity index (χ1n) is 5.71. The molecule has 5 nitrogen and oxygen atoms in total. The van der Waals surface area contributed by atoms with Crippen molar-refractivity contribution in [1.29, 1.82) is 0 Å². The monoisotopic (exact) mass is 246 g/mol. The molecular weight excluding hydrogens is 232 g/mol. The third-order valence-electron chi connectivity index (χ3n) is 3.25. The number of hydrogen-bond acceptors (Lipinski definition) is 3. The Bertz CT molecular complexity index is 525. The van der Waals surface area contributed by atoms with Crippen molar-refractivity contribution >= 4 is 17.3 Å². The molecule has 1 aromatic rings. The largest absolute Gasteiger partial charge is 0.311 e. The van der Waals surface area contributed by atoms with Crippen LogP contribution < -0.4 is 4.90 Å². The summed E-state index contributed by atoms with van der Waals surface area (Å²) >= 11 is 0. The summed E-state index contributed by atoms with van der Waals surface area (Å²) in [4.78, 5) is 23.9. The van der Waals surface area contributed by atoms with Crippen LogP contribution in [0.2, 0.25) is 0 Å². The summed E-state index contributed by atoms with van der Waals surface area (Å²) in [6, 6.07) is 4.80. The van der Waals surface area contributed by atoms with Crippen LogP contribution in [0.1, 0.15) is 12.0 Å². The molecular formula is C13H14N2O3. The SMILES string of the molecule is C=CC1CC(=O)N(c2cccc([N+](=O)[O-])c2C)C1. The standard InChI is InChI=1S/C13H14N2O3/c1-3-10-7-13(16)14(8-10)11-5-4-6-12(9(11)2)15(17)18/h3-6,10H,1,7-8H2,2H3. The second kappa shape index (κ2) is 4.60. The van der Waals surface area contributed by atoms with Crippen molar-refractivity contribution in [3.05, 3.63) is 46.5 Å². The maximum Gasteiger partial charge on any atom is 0.274 e. The second-order valence-electron chi connectivity index (χ2n) is 4.38. The van der Waals surface area contributed by atoms with Crippen LogP contribution in [0.3, 0.4) is 0 Å². The van der Waals surface area contributed by atoms with Crippen LogP contribution in [0.4, 0.5) is 11.4 Å². The van der Waals surface area contributed by atoms with Gasteiger partial charge < -0.3 is 4.90 Å². The summed E-state index contributed by atoms with van der Waals surface area (Å²) in [5, 5.41) is 10.9. The lowest BCUT2D eigenvalue weighted by atomic mass is 10.1. The number of carbonyl (C=O) groups excluding carboxylic acids is 1. The van der Waals surface area contributed by atoms with Gasteiger partial charge in [0.05, 0.1) is 16.2 Å². The summed E-state index contributed by atoms with van der Waals surface area (Å²) in [7, 11) is 0. The number of nitro benzene ring substituents is 1. The van der Waals surface area contributed by atoms with Crippen LogP contribution in [-0.2, 0) is 4.79 Å². The van der Waals surface area contributed by atoms with Crippen LogP contribution in [0, 0.1) is 23.0 Å². The molecule has 1 unspecified atom stereocenters. The Morgan fingerprint density at radius 3 is 2.83 bits per heavy atom. The zero-order valence-corrected chi connectivity index (χ0v) is 10.1. The fraction of sp³-hybridized carbons (Fsp3) is 0.308. The van der Waals surface area contributed by atoms with Gasteiger partial charge in [-0.2, -0.15) is 0 Å². The van der Waals surface area contributed by atoms with Crippen LogP contribution in [0.5, 0.6) is 0 Å². The van der Waals surface area contributed by atoms with Gasteiger partial charge in [0.1, 0.15) is 0 Å². The summed E-state index contributed by atoms with van der Waals surface area (Å²) in [6.07, 6.45) is 2.18. The second-order valence-corrected chi connectivity index (χ2v) is 4.38. The highest BCUT2D eigenvalue weighted by atomic mass is 16.6. The number of nitrogens with zero attached hydrogens (tertiary/aromatic N) is 2. The highest BCUT2D eigenvalue weighted by molar-refractivity contribution is 5.97. The van der Waals surface area contributed by atoms with Crippen molar-refractivity contribution in [1.82, 2.24) is 0 Å². The Morgan fingerprint density at radius 2 is 2.28 bits per heavy atom. The molecule has 0 aliphatic carbocycles. The normalized spacial score (nSPS) is 19.1. The van der Waals surface area contributed by atoms with Gasteiger partial charge in [0, 0.05) is 24.9 Å². The first-order valence-corrected chi connectivity index (χ1v) is 5.71. The number of amides is 1. The van der Waals surface area contributed by atoms with Crippen LogP contribution >= 0.6 is 0 Å². The number of anilines is 1. The zero-order valence-electron chi connectivity index (χ0n) is 10.1. The molecule has 1 aliphatic rings. The Kier molecular flexibility index (Phi) is 3.14. The lowest BCUT2D eigenvalue weighted by Crippen LogP contribution is -2.25. The van der Waals surface area contributed by atoms with E-state index >= 15 is 0 Å². The quantitative estimate of drug-likeness (QED) is 0.467. The number of carbonyl (C=O) groups is 1. The lowest BCUT2D eigenvalue weighted by molar-refractivity contribution is -0.385.